The van der Waals surface area contributed by atoms with Gasteiger partial charge < -0.3 is 18.8 Å². The summed E-state index contributed by atoms with van der Waals surface area (Å²) in [6.07, 6.45) is 0. The molecule has 1 aromatic carbocycles. The Morgan fingerprint density at radius 3 is 2.00 bits per heavy atom. The first-order chi connectivity index (χ1) is 9.23. The number of hydrogen-bond acceptors (Lipinski definition) is 4. The molecule has 0 spiro atoms. The van der Waals surface area contributed by atoms with Gasteiger partial charge in [0, 0.05) is 5.46 Å². The SMILES string of the molecule is COc1ccc(B2OC(C)(C)C(C)(C)O2)c(OC)c1Br. The van der Waals surface area contributed by atoms with E-state index >= 15 is 0 Å². The molecule has 1 aromatic rings. The number of benzene rings is 1. The van der Waals surface area contributed by atoms with Crippen molar-refractivity contribution in [1.82, 2.24) is 0 Å². The van der Waals surface area contributed by atoms with Crippen molar-refractivity contribution in [2.75, 3.05) is 14.2 Å². The van der Waals surface area contributed by atoms with Crippen LogP contribution in [0.5, 0.6) is 11.5 Å². The summed E-state index contributed by atoms with van der Waals surface area (Å²) < 4.78 is 23.6. The molecule has 0 amide bonds. The molecule has 0 saturated carbocycles. The largest absolute Gasteiger partial charge is 0.498 e. The van der Waals surface area contributed by atoms with Gasteiger partial charge in [0.15, 0.2) is 0 Å². The summed E-state index contributed by atoms with van der Waals surface area (Å²) in [5.74, 6) is 1.38. The van der Waals surface area contributed by atoms with E-state index in [1.165, 1.54) is 0 Å². The first-order valence-electron chi connectivity index (χ1n) is 6.49. The van der Waals surface area contributed by atoms with Gasteiger partial charge in [-0.25, -0.2) is 0 Å². The molecule has 0 unspecified atom stereocenters. The smallest absolute Gasteiger partial charge is 0.496 e. The van der Waals surface area contributed by atoms with E-state index in [1.807, 2.05) is 39.8 Å². The predicted octanol–water partition coefficient (Wildman–Crippen LogP) is 2.77. The Labute approximate surface area is 129 Å². The molecule has 1 heterocycles. The zero-order valence-corrected chi connectivity index (χ0v) is 14.3. The summed E-state index contributed by atoms with van der Waals surface area (Å²) in [6, 6.07) is 3.78. The number of ether oxygens (including phenoxy) is 2. The summed E-state index contributed by atoms with van der Waals surface area (Å²) in [6.45, 7) is 8.10. The van der Waals surface area contributed by atoms with E-state index in [2.05, 4.69) is 15.9 Å². The van der Waals surface area contributed by atoms with E-state index in [1.54, 1.807) is 14.2 Å². The zero-order chi connectivity index (χ0) is 15.1. The third kappa shape index (κ3) is 2.45. The van der Waals surface area contributed by atoms with Crippen LogP contribution >= 0.6 is 15.9 Å². The quantitative estimate of drug-likeness (QED) is 0.791. The minimum Gasteiger partial charge on any atom is -0.496 e. The minimum absolute atomic E-state index is 0.380. The van der Waals surface area contributed by atoms with Crippen LogP contribution in [0, 0.1) is 0 Å². The second-order valence-electron chi connectivity index (χ2n) is 5.79. The molecule has 1 aliphatic heterocycles. The Kier molecular flexibility index (Phi) is 4.11. The summed E-state index contributed by atoms with van der Waals surface area (Å²) in [5, 5.41) is 0. The lowest BCUT2D eigenvalue weighted by atomic mass is 9.78. The molecule has 0 radical (unpaired) electrons. The van der Waals surface area contributed by atoms with E-state index in [0.29, 0.717) is 11.5 Å². The van der Waals surface area contributed by atoms with Crippen molar-refractivity contribution < 1.29 is 18.8 Å². The number of halogens is 1. The summed E-state index contributed by atoms with van der Waals surface area (Å²) >= 11 is 3.50. The van der Waals surface area contributed by atoms with Gasteiger partial charge >= 0.3 is 7.12 Å². The second kappa shape index (κ2) is 5.24. The molecule has 1 aliphatic rings. The van der Waals surface area contributed by atoms with Crippen molar-refractivity contribution in [2.45, 2.75) is 38.9 Å². The molecule has 0 bridgehead atoms. The van der Waals surface area contributed by atoms with E-state index < -0.39 is 7.12 Å². The van der Waals surface area contributed by atoms with Gasteiger partial charge in [0.1, 0.15) is 16.0 Å². The third-order valence-corrected chi connectivity index (χ3v) is 4.77. The highest BCUT2D eigenvalue weighted by molar-refractivity contribution is 9.10. The lowest BCUT2D eigenvalue weighted by molar-refractivity contribution is 0.00578. The molecule has 0 atom stereocenters. The maximum Gasteiger partial charge on any atom is 0.498 e. The fourth-order valence-corrected chi connectivity index (χ4v) is 2.76. The van der Waals surface area contributed by atoms with Gasteiger partial charge in [0.25, 0.3) is 0 Å². The van der Waals surface area contributed by atoms with Crippen LogP contribution in [0.25, 0.3) is 0 Å². The first kappa shape index (κ1) is 15.7. The predicted molar refractivity (Wildman–Crippen MR) is 83.0 cm³/mol. The van der Waals surface area contributed by atoms with Gasteiger partial charge in [0.05, 0.1) is 25.4 Å². The molecular formula is C14H20BBrO4. The van der Waals surface area contributed by atoms with Crippen molar-refractivity contribution in [1.29, 1.82) is 0 Å². The van der Waals surface area contributed by atoms with Crippen LogP contribution in [0.1, 0.15) is 27.7 Å². The maximum absolute atomic E-state index is 6.06. The Hall–Kier alpha value is -0.715. The molecule has 0 aromatic heterocycles. The molecule has 20 heavy (non-hydrogen) atoms. The van der Waals surface area contributed by atoms with Crippen molar-refractivity contribution >= 4 is 28.5 Å². The van der Waals surface area contributed by atoms with Crippen LogP contribution in [0.15, 0.2) is 16.6 Å². The fraction of sp³-hybridized carbons (Fsp3) is 0.571. The normalized spacial score (nSPS) is 20.1. The molecule has 4 nitrogen and oxygen atoms in total. The standard InChI is InChI=1S/C14H20BBrO4/c1-13(2)14(3,4)20-15(19-13)9-7-8-10(17-5)11(16)12(9)18-6/h7-8H,1-6H3. The molecule has 1 fully saturated rings. The highest BCUT2D eigenvalue weighted by Gasteiger charge is 2.52. The first-order valence-corrected chi connectivity index (χ1v) is 7.29. The summed E-state index contributed by atoms with van der Waals surface area (Å²) in [7, 11) is 2.78. The van der Waals surface area contributed by atoms with E-state index in [9.17, 15) is 0 Å². The maximum atomic E-state index is 6.06. The van der Waals surface area contributed by atoms with Gasteiger partial charge in [-0.2, -0.15) is 0 Å². The summed E-state index contributed by atoms with van der Waals surface area (Å²) in [4.78, 5) is 0. The fourth-order valence-electron chi connectivity index (χ4n) is 2.07. The van der Waals surface area contributed by atoms with E-state index in [0.717, 1.165) is 9.94 Å². The molecule has 1 saturated heterocycles. The van der Waals surface area contributed by atoms with Gasteiger partial charge in [-0.15, -0.1) is 0 Å². The van der Waals surface area contributed by atoms with Crippen LogP contribution in [-0.2, 0) is 9.31 Å². The molecule has 0 N–H and O–H groups in total. The number of hydrogen-bond donors (Lipinski definition) is 0. The topological polar surface area (TPSA) is 36.9 Å². The molecule has 2 rings (SSSR count). The Morgan fingerprint density at radius 2 is 1.55 bits per heavy atom. The van der Waals surface area contributed by atoms with Gasteiger partial charge in [-0.05, 0) is 49.7 Å². The van der Waals surface area contributed by atoms with Crippen LogP contribution in [0.4, 0.5) is 0 Å². The average molecular weight is 343 g/mol. The van der Waals surface area contributed by atoms with Crippen molar-refractivity contribution in [3.63, 3.8) is 0 Å². The Balaban J connectivity index is 2.43. The molecule has 110 valence electrons. The lowest BCUT2D eigenvalue weighted by Gasteiger charge is -2.32. The van der Waals surface area contributed by atoms with Gasteiger partial charge in [-0.1, -0.05) is 6.07 Å². The van der Waals surface area contributed by atoms with Crippen LogP contribution < -0.4 is 14.9 Å². The summed E-state index contributed by atoms with van der Waals surface area (Å²) in [5.41, 5.74) is 0.0864. The van der Waals surface area contributed by atoms with Gasteiger partial charge in [-0.3, -0.25) is 0 Å². The third-order valence-electron chi connectivity index (χ3n) is 4.02. The van der Waals surface area contributed by atoms with Gasteiger partial charge in [0.2, 0.25) is 0 Å². The van der Waals surface area contributed by atoms with Crippen LogP contribution in [0.2, 0.25) is 0 Å². The van der Waals surface area contributed by atoms with E-state index in [-0.39, 0.29) is 11.2 Å². The molecule has 6 heteroatoms. The van der Waals surface area contributed by atoms with Crippen molar-refractivity contribution in [3.05, 3.63) is 16.6 Å². The highest BCUT2D eigenvalue weighted by atomic mass is 79.9. The van der Waals surface area contributed by atoms with Crippen LogP contribution in [-0.4, -0.2) is 32.5 Å². The molecule has 0 aliphatic carbocycles. The number of methoxy groups -OCH3 is 2. The molecular weight excluding hydrogens is 323 g/mol. The average Bonchev–Trinajstić information content (AvgIpc) is 2.58. The number of rotatable bonds is 3. The highest BCUT2D eigenvalue weighted by Crippen LogP contribution is 2.39. The zero-order valence-electron chi connectivity index (χ0n) is 12.7. The van der Waals surface area contributed by atoms with Crippen molar-refractivity contribution in [2.24, 2.45) is 0 Å². The van der Waals surface area contributed by atoms with E-state index in [4.69, 9.17) is 18.8 Å². The minimum atomic E-state index is -0.461. The Morgan fingerprint density at radius 1 is 1.00 bits per heavy atom. The Bertz CT molecular complexity index is 500. The van der Waals surface area contributed by atoms with Crippen molar-refractivity contribution in [3.8, 4) is 11.5 Å². The van der Waals surface area contributed by atoms with Crippen LogP contribution in [0.3, 0.4) is 0 Å². The monoisotopic (exact) mass is 342 g/mol. The second-order valence-corrected chi connectivity index (χ2v) is 6.59. The lowest BCUT2D eigenvalue weighted by Crippen LogP contribution is -2.41.